The Morgan fingerprint density at radius 3 is 2.23 bits per heavy atom. The van der Waals surface area contributed by atoms with Gasteiger partial charge in [-0.2, -0.15) is 0 Å². The molecule has 0 aliphatic heterocycles. The molecule has 3 atom stereocenters. The molecular formula is C8H5F5. The number of fused-ring (bicyclic) bond motifs is 1. The molecule has 0 saturated heterocycles. The first kappa shape index (κ1) is 8.72. The van der Waals surface area contributed by atoms with Gasteiger partial charge in [-0.25, -0.2) is 22.0 Å². The number of alkyl halides is 2. The molecule has 13 heavy (non-hydrogen) atoms. The molecule has 2 rings (SSSR count). The molecule has 0 radical (unpaired) electrons. The minimum atomic E-state index is -2.65. The lowest BCUT2D eigenvalue weighted by molar-refractivity contribution is 0.269. The summed E-state index contributed by atoms with van der Waals surface area (Å²) >= 11 is 0. The molecule has 0 heterocycles. The summed E-state index contributed by atoms with van der Waals surface area (Å²) in [6.45, 7) is 0.925. The molecule has 1 saturated carbocycles. The van der Waals surface area contributed by atoms with Crippen LogP contribution in [0.1, 0.15) is 6.92 Å². The highest BCUT2D eigenvalue weighted by Crippen LogP contribution is 2.63. The van der Waals surface area contributed by atoms with Crippen molar-refractivity contribution < 1.29 is 22.0 Å². The van der Waals surface area contributed by atoms with Gasteiger partial charge in [0.15, 0.2) is 23.5 Å². The van der Waals surface area contributed by atoms with E-state index >= 15 is 0 Å². The Kier molecular flexibility index (Phi) is 1.43. The maximum Gasteiger partial charge on any atom is 0.190 e. The second-order valence-corrected chi connectivity index (χ2v) is 3.25. The van der Waals surface area contributed by atoms with Crippen LogP contribution in [0.5, 0.6) is 0 Å². The van der Waals surface area contributed by atoms with E-state index in [0.717, 1.165) is 6.92 Å². The SMILES string of the molecule is CC1=C(F)C(F)=C(F)C2C(F)C12F. The fraction of sp³-hybridized carbons (Fsp3) is 0.500. The molecule has 0 aromatic heterocycles. The van der Waals surface area contributed by atoms with Crippen LogP contribution in [0.4, 0.5) is 22.0 Å². The van der Waals surface area contributed by atoms with Crippen LogP contribution in [0.3, 0.4) is 0 Å². The van der Waals surface area contributed by atoms with Gasteiger partial charge < -0.3 is 0 Å². The van der Waals surface area contributed by atoms with Crippen LogP contribution in [0.25, 0.3) is 0 Å². The minimum absolute atomic E-state index is 0.691. The van der Waals surface area contributed by atoms with Gasteiger partial charge >= 0.3 is 0 Å². The molecule has 5 heteroatoms. The summed E-state index contributed by atoms with van der Waals surface area (Å²) in [6.07, 6.45) is -2.16. The average molecular weight is 196 g/mol. The highest BCUT2D eigenvalue weighted by molar-refractivity contribution is 5.50. The van der Waals surface area contributed by atoms with Crippen LogP contribution in [0, 0.1) is 5.92 Å². The van der Waals surface area contributed by atoms with Crippen molar-refractivity contribution in [2.45, 2.75) is 18.8 Å². The largest absolute Gasteiger partial charge is 0.243 e. The number of hydrogen-bond acceptors (Lipinski definition) is 0. The first-order valence-corrected chi connectivity index (χ1v) is 3.67. The monoisotopic (exact) mass is 196 g/mol. The van der Waals surface area contributed by atoms with Gasteiger partial charge in [-0.1, -0.05) is 0 Å². The molecule has 0 aromatic rings. The fourth-order valence-corrected chi connectivity index (χ4v) is 1.64. The number of rotatable bonds is 0. The Labute approximate surface area is 70.7 Å². The minimum Gasteiger partial charge on any atom is -0.243 e. The third-order valence-corrected chi connectivity index (χ3v) is 2.62. The van der Waals surface area contributed by atoms with E-state index in [1.54, 1.807) is 0 Å². The molecule has 0 nitrogen and oxygen atoms in total. The Morgan fingerprint density at radius 1 is 1.15 bits per heavy atom. The predicted molar refractivity (Wildman–Crippen MR) is 35.3 cm³/mol. The summed E-state index contributed by atoms with van der Waals surface area (Å²) in [5.41, 5.74) is -3.34. The van der Waals surface area contributed by atoms with Crippen LogP contribution in [-0.2, 0) is 0 Å². The van der Waals surface area contributed by atoms with E-state index in [1.165, 1.54) is 0 Å². The van der Waals surface area contributed by atoms with E-state index in [2.05, 4.69) is 0 Å². The molecule has 2 aliphatic carbocycles. The summed E-state index contributed by atoms with van der Waals surface area (Å²) in [6, 6.07) is 0. The van der Waals surface area contributed by atoms with E-state index < -0.39 is 40.8 Å². The van der Waals surface area contributed by atoms with Gasteiger partial charge in [-0.3, -0.25) is 0 Å². The van der Waals surface area contributed by atoms with Gasteiger partial charge in [0.05, 0.1) is 5.92 Å². The summed E-state index contributed by atoms with van der Waals surface area (Å²) in [5.74, 6) is -6.81. The van der Waals surface area contributed by atoms with Crippen molar-refractivity contribution in [2.75, 3.05) is 0 Å². The first-order chi connectivity index (χ1) is 5.92. The van der Waals surface area contributed by atoms with Gasteiger partial charge in [0.1, 0.15) is 5.83 Å². The van der Waals surface area contributed by atoms with E-state index in [9.17, 15) is 22.0 Å². The zero-order valence-electron chi connectivity index (χ0n) is 6.54. The van der Waals surface area contributed by atoms with Gasteiger partial charge in [0, 0.05) is 5.57 Å². The van der Waals surface area contributed by atoms with Crippen molar-refractivity contribution in [1.29, 1.82) is 0 Å². The van der Waals surface area contributed by atoms with Crippen molar-refractivity contribution in [1.82, 2.24) is 0 Å². The Bertz CT molecular complexity index is 342. The second-order valence-electron chi connectivity index (χ2n) is 3.25. The quantitative estimate of drug-likeness (QED) is 0.522. The summed E-state index contributed by atoms with van der Waals surface area (Å²) in [4.78, 5) is 0. The number of halogens is 5. The van der Waals surface area contributed by atoms with Gasteiger partial charge in [0.25, 0.3) is 0 Å². The fourth-order valence-electron chi connectivity index (χ4n) is 1.64. The van der Waals surface area contributed by atoms with Crippen LogP contribution in [-0.4, -0.2) is 11.8 Å². The molecule has 2 aliphatic rings. The van der Waals surface area contributed by atoms with E-state index in [4.69, 9.17) is 0 Å². The molecule has 3 unspecified atom stereocenters. The van der Waals surface area contributed by atoms with E-state index in [1.807, 2.05) is 0 Å². The normalized spacial score (nSPS) is 43.8. The molecule has 1 fully saturated rings. The zero-order chi connectivity index (χ0) is 9.96. The van der Waals surface area contributed by atoms with Crippen LogP contribution >= 0.6 is 0 Å². The molecule has 0 bridgehead atoms. The predicted octanol–water partition coefficient (Wildman–Crippen LogP) is 3.07. The smallest absolute Gasteiger partial charge is 0.190 e. The number of hydrogen-bond donors (Lipinski definition) is 0. The maximum atomic E-state index is 13.3. The van der Waals surface area contributed by atoms with Crippen LogP contribution in [0.15, 0.2) is 23.1 Å². The van der Waals surface area contributed by atoms with Gasteiger partial charge in [-0.05, 0) is 6.92 Å². The number of allylic oxidation sites excluding steroid dienone is 4. The van der Waals surface area contributed by atoms with Crippen LogP contribution < -0.4 is 0 Å². The van der Waals surface area contributed by atoms with E-state index in [-0.39, 0.29) is 0 Å². The average Bonchev–Trinajstić information content (AvgIpc) is 2.65. The first-order valence-electron chi connectivity index (χ1n) is 3.67. The summed E-state index contributed by atoms with van der Waals surface area (Å²) in [7, 11) is 0. The third kappa shape index (κ3) is 0.752. The summed E-state index contributed by atoms with van der Waals surface area (Å²) in [5, 5.41) is 0. The van der Waals surface area contributed by atoms with Crippen molar-refractivity contribution in [3.8, 4) is 0 Å². The standard InChI is InChI=1S/C8H5F5/c1-2-4(9)6(11)5(10)3-7(12)8(2,3)13/h3,7H,1H3. The third-order valence-electron chi connectivity index (χ3n) is 2.62. The van der Waals surface area contributed by atoms with Crippen molar-refractivity contribution >= 4 is 0 Å². The summed E-state index contributed by atoms with van der Waals surface area (Å²) < 4.78 is 64.0. The lowest BCUT2D eigenvalue weighted by Crippen LogP contribution is -2.14. The molecule has 72 valence electrons. The lowest BCUT2D eigenvalue weighted by atomic mass is 10.0. The zero-order valence-corrected chi connectivity index (χ0v) is 6.54. The maximum absolute atomic E-state index is 13.3. The highest BCUT2D eigenvalue weighted by atomic mass is 19.2. The van der Waals surface area contributed by atoms with Gasteiger partial charge in [-0.15, -0.1) is 0 Å². The highest BCUT2D eigenvalue weighted by Gasteiger charge is 2.74. The lowest BCUT2D eigenvalue weighted by Gasteiger charge is -2.12. The van der Waals surface area contributed by atoms with Gasteiger partial charge in [0.2, 0.25) is 0 Å². The Morgan fingerprint density at radius 2 is 1.69 bits per heavy atom. The molecular weight excluding hydrogens is 191 g/mol. The molecule has 0 spiro atoms. The Balaban J connectivity index is 2.58. The molecule has 0 aromatic carbocycles. The van der Waals surface area contributed by atoms with Crippen molar-refractivity contribution in [2.24, 2.45) is 5.92 Å². The molecule has 0 N–H and O–H groups in total. The Hall–Kier alpha value is -0.870. The second kappa shape index (κ2) is 2.13. The van der Waals surface area contributed by atoms with Crippen LogP contribution in [0.2, 0.25) is 0 Å². The molecule has 0 amide bonds. The van der Waals surface area contributed by atoms with Crippen molar-refractivity contribution in [3.63, 3.8) is 0 Å². The van der Waals surface area contributed by atoms with E-state index in [0.29, 0.717) is 0 Å². The van der Waals surface area contributed by atoms with Crippen molar-refractivity contribution in [3.05, 3.63) is 23.1 Å². The topological polar surface area (TPSA) is 0 Å².